The Kier molecular flexibility index (Phi) is 2.17. The molecule has 0 saturated carbocycles. The average Bonchev–Trinajstić information content (AvgIpc) is 2.79. The van der Waals surface area contributed by atoms with Gasteiger partial charge in [0.15, 0.2) is 5.15 Å². The van der Waals surface area contributed by atoms with Crippen molar-refractivity contribution in [2.75, 3.05) is 0 Å². The second kappa shape index (κ2) is 3.78. The van der Waals surface area contributed by atoms with Crippen LogP contribution in [0.15, 0.2) is 30.3 Å². The maximum Gasteiger partial charge on any atom is 0.152 e. The van der Waals surface area contributed by atoms with Gasteiger partial charge in [0, 0.05) is 23.9 Å². The highest BCUT2D eigenvalue weighted by Gasteiger charge is 2.21. The standard InChI is InChI=1S/C14H9ClFN3/c15-14-7-9-11(17-18-14)4-5-19-12-3-1-2-10(16)8(12)6-13(9)19/h1-3,6-7H,4-5H2. The molecule has 2 aromatic heterocycles. The Morgan fingerprint density at radius 3 is 3.00 bits per heavy atom. The first-order valence-corrected chi connectivity index (χ1v) is 6.42. The Bertz CT molecular complexity index is 810. The highest BCUT2D eigenvalue weighted by molar-refractivity contribution is 6.29. The van der Waals surface area contributed by atoms with Gasteiger partial charge >= 0.3 is 0 Å². The van der Waals surface area contributed by atoms with Crippen molar-refractivity contribution in [3.8, 4) is 11.3 Å². The van der Waals surface area contributed by atoms with Crippen molar-refractivity contribution in [3.05, 3.63) is 47.0 Å². The summed E-state index contributed by atoms with van der Waals surface area (Å²) in [6.07, 6.45) is 0.785. The van der Waals surface area contributed by atoms with E-state index in [0.29, 0.717) is 10.5 Å². The summed E-state index contributed by atoms with van der Waals surface area (Å²) in [5.74, 6) is -0.200. The van der Waals surface area contributed by atoms with Gasteiger partial charge in [-0.2, -0.15) is 5.10 Å². The Morgan fingerprint density at radius 1 is 1.21 bits per heavy atom. The Hall–Kier alpha value is -1.94. The molecule has 0 spiro atoms. The van der Waals surface area contributed by atoms with Crippen LogP contribution in [0.5, 0.6) is 0 Å². The smallest absolute Gasteiger partial charge is 0.152 e. The fraction of sp³-hybridized carbons (Fsp3) is 0.143. The second-order valence-corrected chi connectivity index (χ2v) is 5.02. The minimum atomic E-state index is -0.200. The van der Waals surface area contributed by atoms with Gasteiger partial charge in [-0.15, -0.1) is 5.10 Å². The average molecular weight is 274 g/mol. The molecule has 0 radical (unpaired) electrons. The number of halogens is 2. The maximum atomic E-state index is 13.9. The van der Waals surface area contributed by atoms with Crippen LogP contribution in [0, 0.1) is 5.82 Å². The quantitative estimate of drug-likeness (QED) is 0.628. The monoisotopic (exact) mass is 273 g/mol. The van der Waals surface area contributed by atoms with E-state index in [1.165, 1.54) is 6.07 Å². The minimum absolute atomic E-state index is 0.200. The SMILES string of the molecule is Fc1cccc2c1cc1n2CCc2nnc(Cl)cc2-1. The Morgan fingerprint density at radius 2 is 2.11 bits per heavy atom. The van der Waals surface area contributed by atoms with Gasteiger partial charge in [-0.3, -0.25) is 0 Å². The van der Waals surface area contributed by atoms with Gasteiger partial charge < -0.3 is 4.57 Å². The van der Waals surface area contributed by atoms with Crippen LogP contribution in [0.3, 0.4) is 0 Å². The summed E-state index contributed by atoms with van der Waals surface area (Å²) in [6, 6.07) is 8.81. The normalized spacial score (nSPS) is 13.4. The molecule has 0 amide bonds. The van der Waals surface area contributed by atoms with Gasteiger partial charge in [0.2, 0.25) is 0 Å². The summed E-state index contributed by atoms with van der Waals surface area (Å²) in [6.45, 7) is 0.783. The van der Waals surface area contributed by atoms with Gasteiger partial charge in [-0.25, -0.2) is 4.39 Å². The number of aromatic nitrogens is 3. The molecular formula is C14H9ClFN3. The number of aryl methyl sites for hydroxylation is 2. The zero-order valence-corrected chi connectivity index (χ0v) is 10.7. The fourth-order valence-corrected chi connectivity index (χ4v) is 2.88. The van der Waals surface area contributed by atoms with E-state index in [2.05, 4.69) is 14.8 Å². The predicted molar refractivity (Wildman–Crippen MR) is 71.6 cm³/mol. The largest absolute Gasteiger partial charge is 0.340 e. The number of fused-ring (bicyclic) bond motifs is 5. The van der Waals surface area contributed by atoms with Crippen LogP contribution in [-0.2, 0) is 13.0 Å². The van der Waals surface area contributed by atoms with E-state index in [-0.39, 0.29) is 5.82 Å². The summed E-state index contributed by atoms with van der Waals surface area (Å²) in [4.78, 5) is 0. The lowest BCUT2D eigenvalue weighted by molar-refractivity contribution is 0.639. The van der Waals surface area contributed by atoms with Gasteiger partial charge in [-0.1, -0.05) is 17.7 Å². The van der Waals surface area contributed by atoms with E-state index < -0.39 is 0 Å². The van der Waals surface area contributed by atoms with Gasteiger partial charge in [-0.05, 0) is 24.3 Å². The van der Waals surface area contributed by atoms with E-state index in [4.69, 9.17) is 11.6 Å². The summed E-state index contributed by atoms with van der Waals surface area (Å²) in [7, 11) is 0. The van der Waals surface area contributed by atoms with Gasteiger partial charge in [0.05, 0.1) is 16.9 Å². The first-order chi connectivity index (χ1) is 9.24. The lowest BCUT2D eigenvalue weighted by Crippen LogP contribution is -2.12. The van der Waals surface area contributed by atoms with E-state index in [0.717, 1.165) is 35.4 Å². The molecule has 0 saturated heterocycles. The summed E-state index contributed by atoms with van der Waals surface area (Å²) in [5.41, 5.74) is 3.73. The van der Waals surface area contributed by atoms with Crippen LogP contribution in [0.2, 0.25) is 5.15 Å². The first-order valence-electron chi connectivity index (χ1n) is 6.04. The predicted octanol–water partition coefficient (Wildman–Crippen LogP) is 3.45. The van der Waals surface area contributed by atoms with Crippen molar-refractivity contribution >= 4 is 22.5 Å². The van der Waals surface area contributed by atoms with E-state index >= 15 is 0 Å². The zero-order valence-electron chi connectivity index (χ0n) is 9.90. The molecule has 1 aromatic carbocycles. The van der Waals surface area contributed by atoms with Crippen LogP contribution >= 0.6 is 11.6 Å². The van der Waals surface area contributed by atoms with Crippen molar-refractivity contribution in [1.29, 1.82) is 0 Å². The molecule has 3 aromatic rings. The first kappa shape index (κ1) is 10.9. The fourth-order valence-electron chi connectivity index (χ4n) is 2.73. The van der Waals surface area contributed by atoms with Crippen LogP contribution in [-0.4, -0.2) is 14.8 Å². The molecule has 0 unspecified atom stereocenters. The van der Waals surface area contributed by atoms with Crippen molar-refractivity contribution in [1.82, 2.24) is 14.8 Å². The summed E-state index contributed by atoms with van der Waals surface area (Å²) < 4.78 is 16.0. The third-order valence-electron chi connectivity index (χ3n) is 3.58. The molecule has 0 aliphatic carbocycles. The van der Waals surface area contributed by atoms with Gasteiger partial charge in [0.1, 0.15) is 5.82 Å². The lowest BCUT2D eigenvalue weighted by Gasteiger charge is -2.18. The Labute approximate surface area is 113 Å². The van der Waals surface area contributed by atoms with E-state index in [1.54, 1.807) is 12.1 Å². The molecule has 0 N–H and O–H groups in total. The summed E-state index contributed by atoms with van der Waals surface area (Å²) in [5, 5.41) is 8.99. The molecule has 3 heterocycles. The highest BCUT2D eigenvalue weighted by atomic mass is 35.5. The van der Waals surface area contributed by atoms with Crippen molar-refractivity contribution in [3.63, 3.8) is 0 Å². The Balaban J connectivity index is 2.09. The van der Waals surface area contributed by atoms with Crippen molar-refractivity contribution < 1.29 is 4.39 Å². The molecule has 0 fully saturated rings. The van der Waals surface area contributed by atoms with Crippen LogP contribution in [0.1, 0.15) is 5.69 Å². The van der Waals surface area contributed by atoms with Crippen LogP contribution in [0.25, 0.3) is 22.2 Å². The van der Waals surface area contributed by atoms with Crippen molar-refractivity contribution in [2.24, 2.45) is 0 Å². The van der Waals surface area contributed by atoms with E-state index in [9.17, 15) is 4.39 Å². The molecule has 19 heavy (non-hydrogen) atoms. The molecule has 1 aliphatic rings. The molecular weight excluding hydrogens is 265 g/mol. The molecule has 0 bridgehead atoms. The second-order valence-electron chi connectivity index (χ2n) is 4.63. The summed E-state index contributed by atoms with van der Waals surface area (Å²) >= 11 is 5.92. The third-order valence-corrected chi connectivity index (χ3v) is 3.77. The van der Waals surface area contributed by atoms with Crippen LogP contribution in [0.4, 0.5) is 4.39 Å². The lowest BCUT2D eigenvalue weighted by atomic mass is 10.1. The minimum Gasteiger partial charge on any atom is -0.340 e. The number of hydrogen-bond acceptors (Lipinski definition) is 2. The molecule has 1 aliphatic heterocycles. The van der Waals surface area contributed by atoms with Gasteiger partial charge in [0.25, 0.3) is 0 Å². The van der Waals surface area contributed by atoms with E-state index in [1.807, 2.05) is 12.1 Å². The number of benzene rings is 1. The molecule has 3 nitrogen and oxygen atoms in total. The maximum absolute atomic E-state index is 13.9. The number of nitrogens with zero attached hydrogens (tertiary/aromatic N) is 3. The number of rotatable bonds is 0. The number of hydrogen-bond donors (Lipinski definition) is 0. The van der Waals surface area contributed by atoms with Crippen LogP contribution < -0.4 is 0 Å². The third kappa shape index (κ3) is 1.50. The topological polar surface area (TPSA) is 30.7 Å². The van der Waals surface area contributed by atoms with Crippen molar-refractivity contribution in [2.45, 2.75) is 13.0 Å². The molecule has 0 atom stereocenters. The zero-order chi connectivity index (χ0) is 13.0. The molecule has 4 rings (SSSR count). The molecule has 5 heteroatoms. The molecule has 94 valence electrons. The highest BCUT2D eigenvalue weighted by Crippen LogP contribution is 2.35.